The maximum atomic E-state index is 12.0. The first-order valence-electron chi connectivity index (χ1n) is 8.09. The van der Waals surface area contributed by atoms with Crippen LogP contribution in [0.2, 0.25) is 0 Å². The maximum Gasteiger partial charge on any atom is 0.230 e. The number of hydrogen-bond acceptors (Lipinski definition) is 4. The fourth-order valence-corrected chi connectivity index (χ4v) is 3.65. The van der Waals surface area contributed by atoms with Gasteiger partial charge in [0.2, 0.25) is 5.91 Å². The molecule has 0 unspecified atom stereocenters. The summed E-state index contributed by atoms with van der Waals surface area (Å²) < 4.78 is 2.31. The number of amides is 1. The smallest absolute Gasteiger partial charge is 0.230 e. The zero-order chi connectivity index (χ0) is 14.4. The number of hydrogen-bond donors (Lipinski definition) is 1. The van der Waals surface area contributed by atoms with Gasteiger partial charge >= 0.3 is 0 Å². The predicted molar refractivity (Wildman–Crippen MR) is 81.3 cm³/mol. The van der Waals surface area contributed by atoms with Gasteiger partial charge in [0.1, 0.15) is 5.82 Å². The Hall–Kier alpha value is -1.04. The Bertz CT molecular complexity index is 546. The van der Waals surface area contributed by atoms with Crippen LogP contribution < -0.4 is 5.32 Å². The Morgan fingerprint density at radius 1 is 1.29 bits per heavy atom. The first-order valence-corrected chi connectivity index (χ1v) is 9.08. The summed E-state index contributed by atoms with van der Waals surface area (Å²) in [4.78, 5) is 12.0. The van der Waals surface area contributed by atoms with Crippen molar-refractivity contribution in [1.82, 2.24) is 20.1 Å². The zero-order valence-electron chi connectivity index (χ0n) is 12.4. The Labute approximate surface area is 129 Å². The molecule has 3 aliphatic carbocycles. The van der Waals surface area contributed by atoms with E-state index >= 15 is 0 Å². The van der Waals surface area contributed by atoms with Crippen LogP contribution in [0.15, 0.2) is 5.16 Å². The number of nitrogens with one attached hydrogen (secondary N) is 1. The number of carbonyl (C=O) groups excluding carboxylic acids is 1. The van der Waals surface area contributed by atoms with E-state index in [-0.39, 0.29) is 5.91 Å². The molecule has 0 radical (unpaired) electrons. The van der Waals surface area contributed by atoms with Crippen LogP contribution in [0.1, 0.15) is 63.2 Å². The third kappa shape index (κ3) is 3.10. The molecular formula is C15H22N4OS. The van der Waals surface area contributed by atoms with E-state index in [9.17, 15) is 4.79 Å². The van der Waals surface area contributed by atoms with E-state index in [1.54, 1.807) is 11.8 Å². The number of aromatic nitrogens is 3. The van der Waals surface area contributed by atoms with Crippen LogP contribution in [0.25, 0.3) is 0 Å². The second kappa shape index (κ2) is 5.30. The molecule has 0 bridgehead atoms. The minimum Gasteiger partial charge on any atom is -0.353 e. The molecule has 0 saturated heterocycles. The molecule has 3 fully saturated rings. The highest BCUT2D eigenvalue weighted by Gasteiger charge is 2.36. The summed E-state index contributed by atoms with van der Waals surface area (Å²) in [6.07, 6.45) is 7.47. The summed E-state index contributed by atoms with van der Waals surface area (Å²) in [7, 11) is 0. The van der Waals surface area contributed by atoms with E-state index in [1.807, 2.05) is 0 Å². The van der Waals surface area contributed by atoms with Gasteiger partial charge in [-0.25, -0.2) is 0 Å². The van der Waals surface area contributed by atoms with Crippen molar-refractivity contribution in [2.45, 2.75) is 68.6 Å². The highest BCUT2D eigenvalue weighted by molar-refractivity contribution is 7.99. The fraction of sp³-hybridized carbons (Fsp3) is 0.800. The second-order valence-electron chi connectivity index (χ2n) is 6.70. The lowest BCUT2D eigenvalue weighted by Crippen LogP contribution is -2.35. The molecule has 0 aromatic carbocycles. The summed E-state index contributed by atoms with van der Waals surface area (Å²) >= 11 is 1.54. The summed E-state index contributed by atoms with van der Waals surface area (Å²) in [5, 5.41) is 12.7. The number of rotatable bonds is 7. The molecule has 1 N–H and O–H groups in total. The van der Waals surface area contributed by atoms with E-state index < -0.39 is 0 Å². The molecule has 0 spiro atoms. The monoisotopic (exact) mass is 306 g/mol. The highest BCUT2D eigenvalue weighted by atomic mass is 32.2. The van der Waals surface area contributed by atoms with Crippen molar-refractivity contribution in [1.29, 1.82) is 0 Å². The molecule has 5 nitrogen and oxygen atoms in total. The van der Waals surface area contributed by atoms with Crippen molar-refractivity contribution in [2.24, 2.45) is 5.92 Å². The first-order chi connectivity index (χ1) is 10.2. The Morgan fingerprint density at radius 2 is 2.05 bits per heavy atom. The summed E-state index contributed by atoms with van der Waals surface area (Å²) in [5.74, 6) is 3.06. The van der Waals surface area contributed by atoms with Gasteiger partial charge in [-0.1, -0.05) is 11.8 Å². The quantitative estimate of drug-likeness (QED) is 0.786. The Kier molecular flexibility index (Phi) is 3.44. The van der Waals surface area contributed by atoms with Gasteiger partial charge in [0.15, 0.2) is 5.16 Å². The summed E-state index contributed by atoms with van der Waals surface area (Å²) in [5.41, 5.74) is 0. The summed E-state index contributed by atoms with van der Waals surface area (Å²) in [6.45, 7) is 2.11. The predicted octanol–water partition coefficient (Wildman–Crippen LogP) is 2.50. The molecular weight excluding hydrogens is 284 g/mol. The van der Waals surface area contributed by atoms with E-state index in [0.29, 0.717) is 29.7 Å². The number of thioether (sulfide) groups is 1. The lowest BCUT2D eigenvalue weighted by molar-refractivity contribution is -0.119. The Morgan fingerprint density at radius 3 is 2.67 bits per heavy atom. The molecule has 0 aliphatic heterocycles. The Balaban J connectivity index is 1.36. The molecule has 1 aromatic heterocycles. The van der Waals surface area contributed by atoms with Crippen LogP contribution in [0.5, 0.6) is 0 Å². The maximum absolute atomic E-state index is 12.0. The number of nitrogens with zero attached hydrogens (tertiary/aromatic N) is 3. The summed E-state index contributed by atoms with van der Waals surface area (Å²) in [6, 6.07) is 0.910. The lowest BCUT2D eigenvalue weighted by Gasteiger charge is -2.12. The zero-order valence-corrected chi connectivity index (χ0v) is 13.2. The largest absolute Gasteiger partial charge is 0.353 e. The molecule has 114 valence electrons. The van der Waals surface area contributed by atoms with E-state index in [2.05, 4.69) is 27.0 Å². The van der Waals surface area contributed by atoms with Crippen molar-refractivity contribution >= 4 is 17.7 Å². The topological polar surface area (TPSA) is 59.8 Å². The van der Waals surface area contributed by atoms with Crippen molar-refractivity contribution in [3.63, 3.8) is 0 Å². The number of carbonyl (C=O) groups is 1. The van der Waals surface area contributed by atoms with Crippen LogP contribution in [-0.4, -0.2) is 32.5 Å². The third-order valence-corrected chi connectivity index (χ3v) is 5.54. The van der Waals surface area contributed by atoms with Gasteiger partial charge in [0.25, 0.3) is 0 Å². The van der Waals surface area contributed by atoms with Crippen molar-refractivity contribution < 1.29 is 4.79 Å². The standard InChI is InChI=1S/C15H22N4OS/c1-9(10-2-3-10)16-13(20)8-21-15-18-17-14(11-4-5-11)19(15)12-6-7-12/h9-12H,2-8H2,1H3,(H,16,20)/t9-/m0/s1. The molecule has 3 saturated carbocycles. The van der Waals surface area contributed by atoms with Gasteiger partial charge in [-0.2, -0.15) is 0 Å². The van der Waals surface area contributed by atoms with Crippen molar-refractivity contribution in [3.8, 4) is 0 Å². The molecule has 1 heterocycles. The average molecular weight is 306 g/mol. The highest BCUT2D eigenvalue weighted by Crippen LogP contribution is 2.45. The first kappa shape index (κ1) is 13.6. The van der Waals surface area contributed by atoms with Gasteiger partial charge in [-0.05, 0) is 51.4 Å². The second-order valence-corrected chi connectivity index (χ2v) is 7.64. The van der Waals surface area contributed by atoms with Crippen molar-refractivity contribution in [3.05, 3.63) is 5.82 Å². The van der Waals surface area contributed by atoms with Crippen LogP contribution in [0.4, 0.5) is 0 Å². The van der Waals surface area contributed by atoms with Gasteiger partial charge < -0.3 is 9.88 Å². The van der Waals surface area contributed by atoms with Crippen molar-refractivity contribution in [2.75, 3.05) is 5.75 Å². The molecule has 6 heteroatoms. The SMILES string of the molecule is C[C@H](NC(=O)CSc1nnc(C2CC2)n1C1CC1)C1CC1. The van der Waals surface area contributed by atoms with Crippen LogP contribution in [-0.2, 0) is 4.79 Å². The van der Waals surface area contributed by atoms with E-state index in [1.165, 1.54) is 38.5 Å². The van der Waals surface area contributed by atoms with Gasteiger partial charge in [-0.15, -0.1) is 10.2 Å². The minimum absolute atomic E-state index is 0.123. The molecule has 1 aromatic rings. The lowest BCUT2D eigenvalue weighted by atomic mass is 10.2. The minimum atomic E-state index is 0.123. The average Bonchev–Trinajstić information content (AvgIpc) is 3.34. The van der Waals surface area contributed by atoms with Gasteiger partial charge in [0.05, 0.1) is 5.75 Å². The van der Waals surface area contributed by atoms with Gasteiger partial charge in [0, 0.05) is 18.0 Å². The molecule has 4 rings (SSSR count). The van der Waals surface area contributed by atoms with E-state index in [0.717, 1.165) is 11.0 Å². The normalized spacial score (nSPS) is 23.1. The third-order valence-electron chi connectivity index (χ3n) is 4.60. The molecule has 1 atom stereocenters. The molecule has 21 heavy (non-hydrogen) atoms. The van der Waals surface area contributed by atoms with Gasteiger partial charge in [-0.3, -0.25) is 4.79 Å². The fourth-order valence-electron chi connectivity index (χ4n) is 2.82. The molecule has 1 amide bonds. The van der Waals surface area contributed by atoms with E-state index in [4.69, 9.17) is 0 Å². The molecule has 3 aliphatic rings. The van der Waals surface area contributed by atoms with Crippen LogP contribution in [0.3, 0.4) is 0 Å². The van der Waals surface area contributed by atoms with Crippen LogP contribution >= 0.6 is 11.8 Å². The van der Waals surface area contributed by atoms with Crippen LogP contribution in [0, 0.1) is 5.92 Å².